The Hall–Kier alpha value is -0.610. The number of nitrogens with two attached hydrogens (primary N) is 1. The third-order valence-corrected chi connectivity index (χ3v) is 3.91. The Morgan fingerprint density at radius 3 is 2.79 bits per heavy atom. The van der Waals surface area contributed by atoms with Gasteiger partial charge < -0.3 is 10.8 Å². The van der Waals surface area contributed by atoms with E-state index in [0.29, 0.717) is 11.8 Å². The first kappa shape index (κ1) is 9.93. The molecule has 1 aliphatic carbocycles. The first-order chi connectivity index (χ1) is 6.63. The van der Waals surface area contributed by atoms with Crippen molar-refractivity contribution < 1.29 is 5.11 Å². The third kappa shape index (κ3) is 1.64. The lowest BCUT2D eigenvalue weighted by Crippen LogP contribution is -2.00. The minimum absolute atomic E-state index is 0.391. The summed E-state index contributed by atoms with van der Waals surface area (Å²) in [6.45, 7) is 4.19. The van der Waals surface area contributed by atoms with Crippen molar-refractivity contribution in [1.29, 1.82) is 0 Å². The molecule has 1 saturated carbocycles. The summed E-state index contributed by atoms with van der Waals surface area (Å²) in [4.78, 5) is 4.37. The zero-order valence-corrected chi connectivity index (χ0v) is 9.34. The summed E-state index contributed by atoms with van der Waals surface area (Å²) < 4.78 is 0. The van der Waals surface area contributed by atoms with Gasteiger partial charge in [-0.3, -0.25) is 0 Å². The van der Waals surface area contributed by atoms with E-state index >= 15 is 0 Å². The fraction of sp³-hybridized carbons (Fsp3) is 0.700. The van der Waals surface area contributed by atoms with Crippen LogP contribution in [0.15, 0.2) is 0 Å². The van der Waals surface area contributed by atoms with Gasteiger partial charge >= 0.3 is 0 Å². The Balaban J connectivity index is 2.15. The second kappa shape index (κ2) is 3.51. The average Bonchev–Trinajstić information content (AvgIpc) is 2.75. The fourth-order valence-electron chi connectivity index (χ4n) is 1.74. The molecular formula is C10H16N2OS. The zero-order chi connectivity index (χ0) is 10.3. The van der Waals surface area contributed by atoms with E-state index < -0.39 is 6.10 Å². The highest BCUT2D eigenvalue weighted by Gasteiger charge is 2.40. The molecule has 0 aromatic carbocycles. The van der Waals surface area contributed by atoms with Gasteiger partial charge in [0.05, 0.1) is 5.69 Å². The minimum Gasteiger partial charge on any atom is -0.389 e. The summed E-state index contributed by atoms with van der Waals surface area (Å²) >= 11 is 1.43. The Kier molecular flexibility index (Phi) is 2.49. The molecule has 1 aromatic rings. The second-order valence-electron chi connectivity index (χ2n) is 4.04. The van der Waals surface area contributed by atoms with E-state index in [1.807, 2.05) is 6.92 Å². The maximum atomic E-state index is 9.96. The van der Waals surface area contributed by atoms with Gasteiger partial charge in [0, 0.05) is 0 Å². The van der Waals surface area contributed by atoms with Crippen molar-refractivity contribution in [2.24, 2.45) is 11.8 Å². The van der Waals surface area contributed by atoms with Gasteiger partial charge in [0.2, 0.25) is 0 Å². The molecule has 0 amide bonds. The first-order valence-electron chi connectivity index (χ1n) is 5.06. The Labute approximate surface area is 88.0 Å². The first-order valence-corrected chi connectivity index (χ1v) is 5.88. The van der Waals surface area contributed by atoms with Crippen LogP contribution in [0.5, 0.6) is 0 Å². The summed E-state index contributed by atoms with van der Waals surface area (Å²) in [5.74, 6) is 1.05. The van der Waals surface area contributed by atoms with Crippen molar-refractivity contribution in [2.75, 3.05) is 5.73 Å². The van der Waals surface area contributed by atoms with Crippen LogP contribution in [0.4, 0.5) is 5.00 Å². The molecular weight excluding hydrogens is 196 g/mol. The largest absolute Gasteiger partial charge is 0.389 e. The minimum atomic E-state index is -0.391. The van der Waals surface area contributed by atoms with Crippen molar-refractivity contribution >= 4 is 16.3 Å². The van der Waals surface area contributed by atoms with Gasteiger partial charge in [0.1, 0.15) is 16.1 Å². The summed E-state index contributed by atoms with van der Waals surface area (Å²) in [6.07, 6.45) is 1.56. The fourth-order valence-corrected chi connectivity index (χ4v) is 2.72. The van der Waals surface area contributed by atoms with Gasteiger partial charge in [-0.25, -0.2) is 4.98 Å². The number of hydrogen-bond donors (Lipinski definition) is 2. The number of aryl methyl sites for hydroxylation is 1. The molecule has 1 fully saturated rings. The molecule has 0 spiro atoms. The van der Waals surface area contributed by atoms with Crippen molar-refractivity contribution in [2.45, 2.75) is 32.8 Å². The van der Waals surface area contributed by atoms with E-state index in [9.17, 15) is 5.11 Å². The van der Waals surface area contributed by atoms with E-state index in [2.05, 4.69) is 11.9 Å². The van der Waals surface area contributed by atoms with Gasteiger partial charge in [-0.2, -0.15) is 0 Å². The van der Waals surface area contributed by atoms with Crippen LogP contribution in [0.1, 0.15) is 37.1 Å². The molecule has 4 heteroatoms. The number of aromatic nitrogens is 1. The lowest BCUT2D eigenvalue weighted by atomic mass is 10.2. The summed E-state index contributed by atoms with van der Waals surface area (Å²) in [5, 5.41) is 11.5. The number of nitrogen functional groups attached to an aromatic ring is 1. The predicted octanol–water partition coefficient (Wildman–Crippen LogP) is 1.98. The van der Waals surface area contributed by atoms with E-state index in [1.165, 1.54) is 11.3 Å². The van der Waals surface area contributed by atoms with E-state index in [0.717, 1.165) is 28.5 Å². The Morgan fingerprint density at radius 2 is 2.36 bits per heavy atom. The highest BCUT2D eigenvalue weighted by Crippen LogP contribution is 2.48. The topological polar surface area (TPSA) is 59.1 Å². The summed E-state index contributed by atoms with van der Waals surface area (Å²) in [5.41, 5.74) is 6.72. The average molecular weight is 212 g/mol. The van der Waals surface area contributed by atoms with Gasteiger partial charge in [0.25, 0.3) is 0 Å². The number of rotatable bonds is 3. The van der Waals surface area contributed by atoms with Crippen LogP contribution in [0, 0.1) is 11.8 Å². The monoisotopic (exact) mass is 212 g/mol. The third-order valence-electron chi connectivity index (χ3n) is 2.91. The van der Waals surface area contributed by atoms with Crippen molar-refractivity contribution in [3.8, 4) is 0 Å². The predicted molar refractivity (Wildman–Crippen MR) is 58.1 cm³/mol. The molecule has 3 N–H and O–H groups in total. The smallest absolute Gasteiger partial charge is 0.124 e. The molecule has 3 nitrogen and oxygen atoms in total. The van der Waals surface area contributed by atoms with Crippen molar-refractivity contribution in [3.63, 3.8) is 0 Å². The number of nitrogens with zero attached hydrogens (tertiary/aromatic N) is 1. The van der Waals surface area contributed by atoms with Crippen molar-refractivity contribution in [3.05, 3.63) is 10.7 Å². The highest BCUT2D eigenvalue weighted by molar-refractivity contribution is 7.15. The quantitative estimate of drug-likeness (QED) is 0.805. The van der Waals surface area contributed by atoms with Gasteiger partial charge in [-0.15, -0.1) is 0 Å². The molecule has 14 heavy (non-hydrogen) atoms. The van der Waals surface area contributed by atoms with E-state index in [1.54, 1.807) is 0 Å². The Morgan fingerprint density at radius 1 is 1.71 bits per heavy atom. The maximum Gasteiger partial charge on any atom is 0.124 e. The molecule has 3 unspecified atom stereocenters. The molecule has 78 valence electrons. The highest BCUT2D eigenvalue weighted by atomic mass is 32.1. The summed E-state index contributed by atoms with van der Waals surface area (Å²) in [7, 11) is 0. The van der Waals surface area contributed by atoms with Crippen LogP contribution in [0.2, 0.25) is 0 Å². The molecule has 1 aliphatic rings. The van der Waals surface area contributed by atoms with Crippen LogP contribution in [0.3, 0.4) is 0 Å². The molecule has 1 heterocycles. The van der Waals surface area contributed by atoms with Gasteiger partial charge in [-0.1, -0.05) is 25.2 Å². The molecule has 1 aromatic heterocycles. The summed E-state index contributed by atoms with van der Waals surface area (Å²) in [6, 6.07) is 0. The normalized spacial score (nSPS) is 27.6. The van der Waals surface area contributed by atoms with E-state index in [-0.39, 0.29) is 0 Å². The van der Waals surface area contributed by atoms with Crippen molar-refractivity contribution in [1.82, 2.24) is 4.98 Å². The number of thiazole rings is 1. The molecule has 3 atom stereocenters. The number of aliphatic hydroxyl groups is 1. The molecule has 2 rings (SSSR count). The lowest BCUT2D eigenvalue weighted by molar-refractivity contribution is 0.147. The van der Waals surface area contributed by atoms with Crippen LogP contribution in [-0.4, -0.2) is 10.1 Å². The molecule has 0 aliphatic heterocycles. The SMILES string of the molecule is CCc1nc(C(O)C2CC2C)sc1N. The Bertz CT molecular complexity index is 337. The van der Waals surface area contributed by atoms with Crippen LogP contribution in [0.25, 0.3) is 0 Å². The second-order valence-corrected chi connectivity index (χ2v) is 5.10. The molecule has 0 radical (unpaired) electrons. The van der Waals surface area contributed by atoms with Crippen LogP contribution < -0.4 is 5.73 Å². The maximum absolute atomic E-state index is 9.96. The number of hydrogen-bond acceptors (Lipinski definition) is 4. The zero-order valence-electron chi connectivity index (χ0n) is 8.53. The lowest BCUT2D eigenvalue weighted by Gasteiger charge is -2.04. The van der Waals surface area contributed by atoms with Crippen LogP contribution >= 0.6 is 11.3 Å². The number of aliphatic hydroxyl groups excluding tert-OH is 1. The molecule has 0 bridgehead atoms. The number of anilines is 1. The van der Waals surface area contributed by atoms with E-state index in [4.69, 9.17) is 5.73 Å². The van der Waals surface area contributed by atoms with Gasteiger partial charge in [-0.05, 0) is 24.7 Å². The standard InChI is InChI=1S/C10H16N2OS/c1-3-7-9(11)14-10(12-7)8(13)6-4-5(6)2/h5-6,8,13H,3-4,11H2,1-2H3. The van der Waals surface area contributed by atoms with Gasteiger partial charge in [0.15, 0.2) is 0 Å². The molecule has 0 saturated heterocycles. The van der Waals surface area contributed by atoms with Crippen LogP contribution in [-0.2, 0) is 6.42 Å².